The molecule has 1 fully saturated rings. The molecule has 0 bridgehead atoms. The summed E-state index contributed by atoms with van der Waals surface area (Å²) in [5.41, 5.74) is -0.439. The fourth-order valence-corrected chi connectivity index (χ4v) is 3.26. The Bertz CT molecular complexity index is 641. The predicted molar refractivity (Wildman–Crippen MR) is 94.4 cm³/mol. The van der Waals surface area contributed by atoms with Crippen LogP contribution in [0.15, 0.2) is 24.3 Å². The van der Waals surface area contributed by atoms with Crippen molar-refractivity contribution >= 4 is 17.6 Å². The Kier molecular flexibility index (Phi) is 7.20. The van der Waals surface area contributed by atoms with Crippen molar-refractivity contribution in [3.8, 4) is 0 Å². The summed E-state index contributed by atoms with van der Waals surface area (Å²) in [4.78, 5) is 26.9. The minimum atomic E-state index is -4.40. The number of likely N-dealkylation sites (N-methyl/N-ethyl adjacent to an activating group) is 1. The number of alkyl halides is 3. The van der Waals surface area contributed by atoms with Crippen molar-refractivity contribution in [1.82, 2.24) is 9.80 Å². The first-order valence-electron chi connectivity index (χ1n) is 8.84. The molecular weight excluding hydrogens is 363 g/mol. The number of nitrogens with zero attached hydrogens (tertiary/aromatic N) is 2. The summed E-state index contributed by atoms with van der Waals surface area (Å²) >= 11 is 0. The zero-order chi connectivity index (χ0) is 20.0. The van der Waals surface area contributed by atoms with Gasteiger partial charge in [-0.2, -0.15) is 13.2 Å². The van der Waals surface area contributed by atoms with E-state index in [2.05, 4.69) is 5.32 Å². The molecule has 0 spiro atoms. The summed E-state index contributed by atoms with van der Waals surface area (Å²) in [6.45, 7) is 4.08. The average molecular weight is 387 g/mol. The van der Waals surface area contributed by atoms with Crippen LogP contribution in [0.3, 0.4) is 0 Å². The highest BCUT2D eigenvalue weighted by molar-refractivity contribution is 5.92. The molecule has 2 N–H and O–H groups in total. The van der Waals surface area contributed by atoms with Crippen molar-refractivity contribution in [2.24, 2.45) is 0 Å². The van der Waals surface area contributed by atoms with E-state index in [-0.39, 0.29) is 25.0 Å². The van der Waals surface area contributed by atoms with E-state index in [9.17, 15) is 22.8 Å². The highest BCUT2D eigenvalue weighted by Crippen LogP contribution is 2.29. The number of rotatable bonds is 7. The molecule has 0 radical (unpaired) electrons. The van der Waals surface area contributed by atoms with Crippen LogP contribution in [0.25, 0.3) is 0 Å². The number of halogens is 3. The Hall–Kier alpha value is -2.13. The quantitative estimate of drug-likeness (QED) is 0.752. The number of carboxylic acid groups (broad SMARTS) is 1. The van der Waals surface area contributed by atoms with Gasteiger partial charge in [-0.25, -0.2) is 0 Å². The van der Waals surface area contributed by atoms with Crippen LogP contribution in [-0.4, -0.2) is 65.5 Å². The molecule has 1 heterocycles. The molecule has 2 rings (SSSR count). The molecule has 1 amide bonds. The smallest absolute Gasteiger partial charge is 0.416 e. The van der Waals surface area contributed by atoms with E-state index in [1.54, 1.807) is 0 Å². The van der Waals surface area contributed by atoms with Crippen molar-refractivity contribution in [3.63, 3.8) is 0 Å². The van der Waals surface area contributed by atoms with Crippen molar-refractivity contribution in [3.05, 3.63) is 29.8 Å². The van der Waals surface area contributed by atoms with Gasteiger partial charge in [0.2, 0.25) is 5.91 Å². The highest BCUT2D eigenvalue weighted by atomic mass is 19.4. The van der Waals surface area contributed by atoms with Crippen LogP contribution in [0, 0.1) is 0 Å². The van der Waals surface area contributed by atoms with Gasteiger partial charge in [-0.1, -0.05) is 6.92 Å². The fourth-order valence-electron chi connectivity index (χ4n) is 3.26. The second-order valence-corrected chi connectivity index (χ2v) is 6.59. The Morgan fingerprint density at radius 3 is 2.30 bits per heavy atom. The lowest BCUT2D eigenvalue weighted by Crippen LogP contribution is -2.48. The van der Waals surface area contributed by atoms with E-state index in [4.69, 9.17) is 5.11 Å². The minimum absolute atomic E-state index is 0.00950. The number of carbonyl (C=O) groups excluding carboxylic acids is 1. The molecule has 1 aliphatic rings. The Balaban J connectivity index is 1.79. The van der Waals surface area contributed by atoms with Crippen molar-refractivity contribution in [2.75, 3.05) is 38.0 Å². The number of hydrogen-bond acceptors (Lipinski definition) is 4. The van der Waals surface area contributed by atoms with Crippen LogP contribution in [0.2, 0.25) is 0 Å². The summed E-state index contributed by atoms with van der Waals surface area (Å²) in [5, 5.41) is 11.6. The lowest BCUT2D eigenvalue weighted by atomic mass is 10.0. The molecule has 1 aromatic rings. The molecule has 0 saturated carbocycles. The number of aliphatic carboxylic acids is 1. The number of hydrogen-bond donors (Lipinski definition) is 2. The molecule has 1 saturated heterocycles. The molecular formula is C18H24F3N3O3. The number of likely N-dealkylation sites (tertiary alicyclic amines) is 1. The zero-order valence-electron chi connectivity index (χ0n) is 15.1. The van der Waals surface area contributed by atoms with Crippen LogP contribution >= 0.6 is 0 Å². The third-order valence-electron chi connectivity index (χ3n) is 4.68. The third-order valence-corrected chi connectivity index (χ3v) is 4.68. The van der Waals surface area contributed by atoms with Crippen LogP contribution in [0.1, 0.15) is 25.3 Å². The van der Waals surface area contributed by atoms with Gasteiger partial charge in [-0.15, -0.1) is 0 Å². The SMILES string of the molecule is CCN(CC(=O)O)C1CCN(CC(=O)Nc2ccc(C(F)(F)F)cc2)CC1. The van der Waals surface area contributed by atoms with Gasteiger partial charge in [0.25, 0.3) is 0 Å². The van der Waals surface area contributed by atoms with Gasteiger partial charge in [0.1, 0.15) is 0 Å². The number of amides is 1. The van der Waals surface area contributed by atoms with Crippen LogP contribution in [0.4, 0.5) is 18.9 Å². The minimum Gasteiger partial charge on any atom is -0.480 e. The molecule has 0 unspecified atom stereocenters. The molecule has 6 nitrogen and oxygen atoms in total. The van der Waals surface area contributed by atoms with Gasteiger partial charge in [0.15, 0.2) is 0 Å². The van der Waals surface area contributed by atoms with Crippen molar-refractivity contribution in [1.29, 1.82) is 0 Å². The van der Waals surface area contributed by atoms with E-state index in [1.807, 2.05) is 16.7 Å². The van der Waals surface area contributed by atoms with Crippen molar-refractivity contribution < 1.29 is 27.9 Å². The second-order valence-electron chi connectivity index (χ2n) is 6.59. The third kappa shape index (κ3) is 6.51. The van der Waals surface area contributed by atoms with E-state index in [0.29, 0.717) is 25.3 Å². The summed E-state index contributed by atoms with van der Waals surface area (Å²) in [6.07, 6.45) is -2.86. The van der Waals surface area contributed by atoms with Crippen LogP contribution in [0.5, 0.6) is 0 Å². The molecule has 150 valence electrons. The van der Waals surface area contributed by atoms with E-state index in [0.717, 1.165) is 25.0 Å². The topological polar surface area (TPSA) is 72.9 Å². The number of piperidine rings is 1. The summed E-state index contributed by atoms with van der Waals surface area (Å²) < 4.78 is 37.6. The maximum Gasteiger partial charge on any atom is 0.416 e. The largest absolute Gasteiger partial charge is 0.480 e. The first-order valence-corrected chi connectivity index (χ1v) is 8.84. The number of carboxylic acids is 1. The molecule has 27 heavy (non-hydrogen) atoms. The van der Waals surface area contributed by atoms with Crippen LogP contribution < -0.4 is 5.32 Å². The monoisotopic (exact) mass is 387 g/mol. The second kappa shape index (κ2) is 9.18. The zero-order valence-corrected chi connectivity index (χ0v) is 15.1. The summed E-state index contributed by atoms with van der Waals surface area (Å²) in [5.74, 6) is -1.14. The van der Waals surface area contributed by atoms with Gasteiger partial charge in [-0.05, 0) is 43.7 Å². The number of benzene rings is 1. The first-order chi connectivity index (χ1) is 12.7. The average Bonchev–Trinajstić information content (AvgIpc) is 2.60. The summed E-state index contributed by atoms with van der Waals surface area (Å²) in [6, 6.07) is 4.52. The van der Waals surface area contributed by atoms with Gasteiger partial charge < -0.3 is 10.4 Å². The normalized spacial score (nSPS) is 16.5. The van der Waals surface area contributed by atoms with Gasteiger partial charge in [0.05, 0.1) is 18.7 Å². The lowest BCUT2D eigenvalue weighted by Gasteiger charge is -2.37. The molecule has 0 atom stereocenters. The number of anilines is 1. The molecule has 1 aromatic carbocycles. The lowest BCUT2D eigenvalue weighted by molar-refractivity contribution is -0.139. The van der Waals surface area contributed by atoms with E-state index < -0.39 is 17.7 Å². The number of nitrogens with one attached hydrogen (secondary N) is 1. The van der Waals surface area contributed by atoms with Gasteiger partial charge in [0, 0.05) is 24.8 Å². The maximum atomic E-state index is 12.5. The van der Waals surface area contributed by atoms with Crippen molar-refractivity contribution in [2.45, 2.75) is 32.0 Å². The van der Waals surface area contributed by atoms with Gasteiger partial charge >= 0.3 is 12.1 Å². The van der Waals surface area contributed by atoms with Crippen LogP contribution in [-0.2, 0) is 15.8 Å². The maximum absolute atomic E-state index is 12.5. The van der Waals surface area contributed by atoms with Gasteiger partial charge in [-0.3, -0.25) is 19.4 Å². The predicted octanol–water partition coefficient (Wildman–Crippen LogP) is 2.51. The standard InChI is InChI=1S/C18H24F3N3O3/c1-2-24(12-17(26)27)15-7-9-23(10-8-15)11-16(25)22-14-5-3-13(4-6-14)18(19,20)21/h3-6,15H,2,7-12H2,1H3,(H,22,25)(H,26,27). The van der Waals surface area contributed by atoms with E-state index in [1.165, 1.54) is 12.1 Å². The Morgan fingerprint density at radius 1 is 1.22 bits per heavy atom. The molecule has 1 aliphatic heterocycles. The Morgan fingerprint density at radius 2 is 1.81 bits per heavy atom. The first kappa shape index (κ1) is 21.2. The molecule has 0 aromatic heterocycles. The number of carbonyl (C=O) groups is 2. The van der Waals surface area contributed by atoms with E-state index >= 15 is 0 Å². The Labute approximate surface area is 155 Å². The summed E-state index contributed by atoms with van der Waals surface area (Å²) in [7, 11) is 0. The fraction of sp³-hybridized carbons (Fsp3) is 0.556. The highest BCUT2D eigenvalue weighted by Gasteiger charge is 2.30. The molecule has 0 aliphatic carbocycles. The molecule has 9 heteroatoms.